The number of aryl methyl sites for hydroxylation is 2. The molecule has 1 aliphatic rings. The molecule has 0 saturated carbocycles. The Morgan fingerprint density at radius 3 is 2.33 bits per heavy atom. The van der Waals surface area contributed by atoms with Gasteiger partial charge in [0.05, 0.1) is 6.61 Å². The lowest BCUT2D eigenvalue weighted by molar-refractivity contribution is 0.218. The molecule has 2 aromatic rings. The Labute approximate surface area is 126 Å². The summed E-state index contributed by atoms with van der Waals surface area (Å²) in [6.45, 7) is 9.15. The summed E-state index contributed by atoms with van der Waals surface area (Å²) in [5, 5.41) is 10.9. The second kappa shape index (κ2) is 5.19. The highest BCUT2D eigenvalue weighted by Crippen LogP contribution is 2.34. The highest BCUT2D eigenvalue weighted by atomic mass is 16.5. The predicted molar refractivity (Wildman–Crippen MR) is 85.1 cm³/mol. The molecule has 3 rings (SSSR count). The Morgan fingerprint density at radius 2 is 1.67 bits per heavy atom. The number of aliphatic hydroxyl groups excluding tert-OH is 1. The SMILES string of the molecule is Cc1cc(C)c(C)c(C(O)c2ccc3c(c2)CCO3)c1C. The maximum absolute atomic E-state index is 10.9. The molecule has 0 amide bonds. The van der Waals surface area contributed by atoms with E-state index in [1.54, 1.807) is 0 Å². The molecule has 21 heavy (non-hydrogen) atoms. The van der Waals surface area contributed by atoms with Crippen molar-refractivity contribution in [2.24, 2.45) is 0 Å². The molecule has 0 aliphatic carbocycles. The smallest absolute Gasteiger partial charge is 0.122 e. The van der Waals surface area contributed by atoms with Crippen molar-refractivity contribution in [1.82, 2.24) is 0 Å². The molecule has 0 aromatic heterocycles. The van der Waals surface area contributed by atoms with E-state index in [-0.39, 0.29) is 0 Å². The zero-order valence-electron chi connectivity index (χ0n) is 13.2. The first kappa shape index (κ1) is 14.2. The molecule has 0 saturated heterocycles. The van der Waals surface area contributed by atoms with Crippen LogP contribution in [0.1, 0.15) is 45.0 Å². The van der Waals surface area contributed by atoms with Crippen LogP contribution < -0.4 is 4.74 Å². The summed E-state index contributed by atoms with van der Waals surface area (Å²) in [7, 11) is 0. The fraction of sp³-hybridized carbons (Fsp3) is 0.368. The van der Waals surface area contributed by atoms with Crippen LogP contribution in [0.4, 0.5) is 0 Å². The largest absolute Gasteiger partial charge is 0.493 e. The lowest BCUT2D eigenvalue weighted by Gasteiger charge is -2.21. The van der Waals surface area contributed by atoms with E-state index in [9.17, 15) is 5.11 Å². The minimum atomic E-state index is -0.575. The summed E-state index contributed by atoms with van der Waals surface area (Å²) in [5.41, 5.74) is 8.03. The van der Waals surface area contributed by atoms with Gasteiger partial charge in [0.15, 0.2) is 0 Å². The van der Waals surface area contributed by atoms with Gasteiger partial charge < -0.3 is 9.84 Å². The first-order valence-electron chi connectivity index (χ1n) is 7.50. The number of fused-ring (bicyclic) bond motifs is 1. The van der Waals surface area contributed by atoms with Crippen LogP contribution in [0.25, 0.3) is 0 Å². The van der Waals surface area contributed by atoms with Gasteiger partial charge in [-0.3, -0.25) is 0 Å². The minimum absolute atomic E-state index is 0.575. The first-order chi connectivity index (χ1) is 9.99. The van der Waals surface area contributed by atoms with E-state index in [4.69, 9.17) is 4.74 Å². The maximum atomic E-state index is 10.9. The van der Waals surface area contributed by atoms with Crippen molar-refractivity contribution < 1.29 is 9.84 Å². The molecule has 1 N–H and O–H groups in total. The molecule has 2 aromatic carbocycles. The average Bonchev–Trinajstić information content (AvgIpc) is 2.92. The Kier molecular flexibility index (Phi) is 3.50. The Balaban J connectivity index is 2.09. The standard InChI is InChI=1S/C19H22O2/c1-11-9-12(2)14(4)18(13(11)3)19(20)16-5-6-17-15(10-16)7-8-21-17/h5-6,9-10,19-20H,7-8H2,1-4H3. The fourth-order valence-electron chi connectivity index (χ4n) is 3.20. The summed E-state index contributed by atoms with van der Waals surface area (Å²) in [6, 6.07) is 8.24. The van der Waals surface area contributed by atoms with Crippen LogP contribution in [0.15, 0.2) is 24.3 Å². The molecule has 0 fully saturated rings. The summed E-state index contributed by atoms with van der Waals surface area (Å²) in [5.74, 6) is 0.958. The second-order valence-corrected chi connectivity index (χ2v) is 6.04. The summed E-state index contributed by atoms with van der Waals surface area (Å²) >= 11 is 0. The van der Waals surface area contributed by atoms with Crippen LogP contribution in [0, 0.1) is 27.7 Å². The number of rotatable bonds is 2. The maximum Gasteiger partial charge on any atom is 0.122 e. The Morgan fingerprint density at radius 1 is 1.00 bits per heavy atom. The van der Waals surface area contributed by atoms with Gasteiger partial charge in [-0.05, 0) is 78.8 Å². The molecular weight excluding hydrogens is 260 g/mol. The van der Waals surface area contributed by atoms with E-state index in [0.29, 0.717) is 0 Å². The molecule has 0 radical (unpaired) electrons. The average molecular weight is 282 g/mol. The van der Waals surface area contributed by atoms with E-state index >= 15 is 0 Å². The van der Waals surface area contributed by atoms with Gasteiger partial charge in [-0.15, -0.1) is 0 Å². The highest BCUT2D eigenvalue weighted by molar-refractivity contribution is 5.49. The number of hydrogen-bond acceptors (Lipinski definition) is 2. The van der Waals surface area contributed by atoms with Crippen LogP contribution in [-0.4, -0.2) is 11.7 Å². The molecular formula is C19H22O2. The molecule has 0 spiro atoms. The lowest BCUT2D eigenvalue weighted by Crippen LogP contribution is -2.07. The van der Waals surface area contributed by atoms with Crippen molar-refractivity contribution in [2.75, 3.05) is 6.61 Å². The summed E-state index contributed by atoms with van der Waals surface area (Å²) in [6.07, 6.45) is 0.357. The second-order valence-electron chi connectivity index (χ2n) is 6.04. The summed E-state index contributed by atoms with van der Waals surface area (Å²) < 4.78 is 5.54. The van der Waals surface area contributed by atoms with Gasteiger partial charge in [0, 0.05) is 6.42 Å². The van der Waals surface area contributed by atoms with E-state index in [0.717, 1.165) is 29.9 Å². The lowest BCUT2D eigenvalue weighted by atomic mass is 9.88. The fourth-order valence-corrected chi connectivity index (χ4v) is 3.20. The van der Waals surface area contributed by atoms with Gasteiger partial charge >= 0.3 is 0 Å². The summed E-state index contributed by atoms with van der Waals surface area (Å²) in [4.78, 5) is 0. The Hall–Kier alpha value is -1.80. The van der Waals surface area contributed by atoms with Crippen LogP contribution in [0.5, 0.6) is 5.75 Å². The van der Waals surface area contributed by atoms with Crippen molar-refractivity contribution in [3.63, 3.8) is 0 Å². The van der Waals surface area contributed by atoms with Gasteiger partial charge in [0.2, 0.25) is 0 Å². The third kappa shape index (κ3) is 2.34. The van der Waals surface area contributed by atoms with Crippen molar-refractivity contribution in [3.8, 4) is 5.75 Å². The first-order valence-corrected chi connectivity index (χ1v) is 7.50. The molecule has 0 bridgehead atoms. The topological polar surface area (TPSA) is 29.5 Å². The monoisotopic (exact) mass is 282 g/mol. The van der Waals surface area contributed by atoms with Crippen LogP contribution in [0.2, 0.25) is 0 Å². The number of ether oxygens (including phenoxy) is 1. The van der Waals surface area contributed by atoms with E-state index in [1.807, 2.05) is 12.1 Å². The van der Waals surface area contributed by atoms with Crippen LogP contribution in [0.3, 0.4) is 0 Å². The minimum Gasteiger partial charge on any atom is -0.493 e. The number of hydrogen-bond donors (Lipinski definition) is 1. The van der Waals surface area contributed by atoms with Crippen molar-refractivity contribution in [3.05, 3.63) is 63.2 Å². The van der Waals surface area contributed by atoms with Crippen molar-refractivity contribution >= 4 is 0 Å². The van der Waals surface area contributed by atoms with E-state index in [1.165, 1.54) is 27.8 Å². The van der Waals surface area contributed by atoms with Crippen molar-refractivity contribution in [2.45, 2.75) is 40.2 Å². The molecule has 1 atom stereocenters. The van der Waals surface area contributed by atoms with Gasteiger partial charge in [0.1, 0.15) is 11.9 Å². The molecule has 1 unspecified atom stereocenters. The van der Waals surface area contributed by atoms with E-state index < -0.39 is 6.10 Å². The molecule has 110 valence electrons. The Bertz CT molecular complexity index is 675. The molecule has 1 aliphatic heterocycles. The molecule has 2 nitrogen and oxygen atoms in total. The molecule has 2 heteroatoms. The van der Waals surface area contributed by atoms with Crippen LogP contribution in [-0.2, 0) is 6.42 Å². The number of aliphatic hydroxyl groups is 1. The van der Waals surface area contributed by atoms with Gasteiger partial charge in [-0.25, -0.2) is 0 Å². The van der Waals surface area contributed by atoms with Crippen molar-refractivity contribution in [1.29, 1.82) is 0 Å². The normalized spacial score (nSPS) is 14.7. The zero-order valence-corrected chi connectivity index (χ0v) is 13.2. The third-order valence-electron chi connectivity index (χ3n) is 4.73. The van der Waals surface area contributed by atoms with E-state index in [2.05, 4.69) is 39.8 Å². The third-order valence-corrected chi connectivity index (χ3v) is 4.73. The molecule has 1 heterocycles. The highest BCUT2D eigenvalue weighted by Gasteiger charge is 2.20. The van der Waals surface area contributed by atoms with Gasteiger partial charge in [-0.2, -0.15) is 0 Å². The number of benzene rings is 2. The van der Waals surface area contributed by atoms with Gasteiger partial charge in [0.25, 0.3) is 0 Å². The quantitative estimate of drug-likeness (QED) is 0.904. The predicted octanol–water partition coefficient (Wildman–Crippen LogP) is 3.94. The zero-order chi connectivity index (χ0) is 15.1. The van der Waals surface area contributed by atoms with Crippen LogP contribution >= 0.6 is 0 Å². The van der Waals surface area contributed by atoms with Gasteiger partial charge in [-0.1, -0.05) is 12.1 Å².